The summed E-state index contributed by atoms with van der Waals surface area (Å²) in [6.07, 6.45) is 4.63. The maximum Gasteiger partial charge on any atom is 0.205 e. The third-order valence-electron chi connectivity index (χ3n) is 5.95. The zero-order chi connectivity index (χ0) is 24.3. The molecule has 7 heteroatoms. The van der Waals surface area contributed by atoms with E-state index < -0.39 is 0 Å². The number of nitrogens with zero attached hydrogens (tertiary/aromatic N) is 4. The van der Waals surface area contributed by atoms with Gasteiger partial charge in [-0.2, -0.15) is 5.21 Å². The predicted molar refractivity (Wildman–Crippen MR) is 142 cm³/mol. The number of H-pyrrole nitrogens is 1. The van der Waals surface area contributed by atoms with Gasteiger partial charge in [0, 0.05) is 18.4 Å². The molecule has 1 atom stereocenters. The fourth-order valence-corrected chi connectivity index (χ4v) is 4.04. The molecule has 0 radical (unpaired) electrons. The fourth-order valence-electron chi connectivity index (χ4n) is 4.04. The number of unbranched alkanes of at least 4 members (excludes halogenated alkanes) is 1. The van der Waals surface area contributed by atoms with Crippen molar-refractivity contribution in [1.82, 2.24) is 25.9 Å². The van der Waals surface area contributed by atoms with Crippen molar-refractivity contribution in [3.8, 4) is 22.5 Å². The second-order valence-corrected chi connectivity index (χ2v) is 8.61. The van der Waals surface area contributed by atoms with Gasteiger partial charge >= 0.3 is 0 Å². The van der Waals surface area contributed by atoms with Crippen LogP contribution in [0.3, 0.4) is 0 Å². The van der Waals surface area contributed by atoms with Gasteiger partial charge in [0.2, 0.25) is 5.82 Å². The second-order valence-electron chi connectivity index (χ2n) is 8.61. The molecule has 0 amide bonds. The largest absolute Gasteiger partial charge is 0.387 e. The Morgan fingerprint density at radius 3 is 2.40 bits per heavy atom. The molecule has 4 rings (SSSR count). The minimum atomic E-state index is -0.0465. The lowest BCUT2D eigenvalue weighted by molar-refractivity contribution is 0.513. The number of aromatic nitrogens is 4. The summed E-state index contributed by atoms with van der Waals surface area (Å²) in [5.74, 6) is 1.28. The molecule has 1 heterocycles. The average Bonchev–Trinajstić information content (AvgIpc) is 3.44. The number of hydrogen-bond donors (Lipinski definition) is 3. The van der Waals surface area contributed by atoms with Crippen LogP contribution in [0.25, 0.3) is 22.5 Å². The Bertz CT molecular complexity index is 1190. The molecule has 0 aliphatic heterocycles. The van der Waals surface area contributed by atoms with Crippen LogP contribution in [-0.4, -0.2) is 39.2 Å². The highest BCUT2D eigenvalue weighted by molar-refractivity contribution is 5.81. The fraction of sp³-hybridized carbons (Fsp3) is 0.286. The van der Waals surface area contributed by atoms with E-state index in [2.05, 4.69) is 87.5 Å². The number of aliphatic imine (C=N–C) groups is 1. The highest BCUT2D eigenvalue weighted by Crippen LogP contribution is 2.29. The maximum absolute atomic E-state index is 6.33. The zero-order valence-electron chi connectivity index (χ0n) is 20.2. The number of rotatable bonds is 12. The van der Waals surface area contributed by atoms with Gasteiger partial charge in [-0.25, -0.2) is 0 Å². The van der Waals surface area contributed by atoms with Gasteiger partial charge in [-0.15, -0.1) is 10.2 Å². The van der Waals surface area contributed by atoms with Crippen molar-refractivity contribution in [2.24, 2.45) is 10.7 Å². The average molecular weight is 468 g/mol. The smallest absolute Gasteiger partial charge is 0.205 e. The number of nitrogens with two attached hydrogens (primary N) is 1. The van der Waals surface area contributed by atoms with Crippen LogP contribution in [-0.2, 0) is 12.8 Å². The molecule has 35 heavy (non-hydrogen) atoms. The molecule has 0 saturated carbocycles. The number of amidine groups is 1. The Morgan fingerprint density at radius 1 is 0.943 bits per heavy atom. The standard InChI is InChI=1S/C28H33N7/c1-2-3-19-30-27(31-26(29)18-15-21-9-5-4-6-10-21)20-22-13-16-23(17-14-22)24-11-7-8-12-25(24)28-32-34-35-33-28/h4-14,16-17,27,30H,2-3,15,18-20H2,1H3,(H2,29,31)(H,32,33,34,35). The van der Waals surface area contributed by atoms with E-state index >= 15 is 0 Å². The van der Waals surface area contributed by atoms with Crippen molar-refractivity contribution < 1.29 is 0 Å². The minimum absolute atomic E-state index is 0.0465. The first kappa shape index (κ1) is 24.3. The van der Waals surface area contributed by atoms with Crippen molar-refractivity contribution in [1.29, 1.82) is 0 Å². The van der Waals surface area contributed by atoms with Crippen LogP contribution in [0.1, 0.15) is 37.3 Å². The van der Waals surface area contributed by atoms with E-state index in [4.69, 9.17) is 10.7 Å². The van der Waals surface area contributed by atoms with Crippen molar-refractivity contribution in [2.75, 3.05) is 6.54 Å². The van der Waals surface area contributed by atoms with Crippen molar-refractivity contribution >= 4 is 5.84 Å². The van der Waals surface area contributed by atoms with Crippen molar-refractivity contribution in [3.63, 3.8) is 0 Å². The molecule has 180 valence electrons. The molecule has 7 nitrogen and oxygen atoms in total. The lowest BCUT2D eigenvalue weighted by Gasteiger charge is -2.16. The Hall–Kier alpha value is -3.84. The summed E-state index contributed by atoms with van der Waals surface area (Å²) in [5, 5.41) is 18.1. The zero-order valence-corrected chi connectivity index (χ0v) is 20.2. The predicted octanol–water partition coefficient (Wildman–Crippen LogP) is 4.78. The molecule has 1 aromatic heterocycles. The Labute approximate surface area is 206 Å². The second kappa shape index (κ2) is 12.6. The first-order valence-corrected chi connectivity index (χ1v) is 12.2. The summed E-state index contributed by atoms with van der Waals surface area (Å²) in [5.41, 5.74) is 11.9. The maximum atomic E-state index is 6.33. The van der Waals surface area contributed by atoms with Gasteiger partial charge in [-0.1, -0.05) is 92.2 Å². The first-order chi connectivity index (χ1) is 17.2. The highest BCUT2D eigenvalue weighted by atomic mass is 15.5. The van der Waals surface area contributed by atoms with Crippen LogP contribution in [0.5, 0.6) is 0 Å². The van der Waals surface area contributed by atoms with E-state index in [1.54, 1.807) is 0 Å². The highest BCUT2D eigenvalue weighted by Gasteiger charge is 2.12. The summed E-state index contributed by atoms with van der Waals surface area (Å²) in [4.78, 5) is 4.84. The molecular formula is C28H33N7. The molecule has 0 aliphatic rings. The van der Waals surface area contributed by atoms with E-state index in [9.17, 15) is 0 Å². The molecule has 0 aliphatic carbocycles. The Morgan fingerprint density at radius 2 is 1.69 bits per heavy atom. The quantitative estimate of drug-likeness (QED) is 0.158. The number of benzene rings is 3. The van der Waals surface area contributed by atoms with Crippen LogP contribution in [0.4, 0.5) is 0 Å². The summed E-state index contributed by atoms with van der Waals surface area (Å²) in [6, 6.07) is 27.1. The number of aryl methyl sites for hydroxylation is 1. The van der Waals surface area contributed by atoms with E-state index in [0.29, 0.717) is 11.7 Å². The molecular weight excluding hydrogens is 434 g/mol. The molecule has 1 unspecified atom stereocenters. The SMILES string of the molecule is CCCCNC(Cc1ccc(-c2ccccc2-c2nn[nH]n2)cc1)/N=C(\N)CCc1ccccc1. The van der Waals surface area contributed by atoms with Crippen LogP contribution >= 0.6 is 0 Å². The van der Waals surface area contributed by atoms with E-state index in [0.717, 1.165) is 55.3 Å². The molecule has 0 saturated heterocycles. The van der Waals surface area contributed by atoms with E-state index in [1.807, 2.05) is 24.3 Å². The minimum Gasteiger partial charge on any atom is -0.387 e. The molecule has 0 spiro atoms. The third-order valence-corrected chi connectivity index (χ3v) is 5.95. The summed E-state index contributed by atoms with van der Waals surface area (Å²) >= 11 is 0. The van der Waals surface area contributed by atoms with Gasteiger partial charge in [-0.05, 0) is 46.9 Å². The van der Waals surface area contributed by atoms with Gasteiger partial charge in [0.25, 0.3) is 0 Å². The number of nitrogens with one attached hydrogen (secondary N) is 2. The molecule has 4 N–H and O–H groups in total. The van der Waals surface area contributed by atoms with Gasteiger partial charge in [0.1, 0.15) is 6.17 Å². The Kier molecular flexibility index (Phi) is 8.73. The van der Waals surface area contributed by atoms with Crippen molar-refractivity contribution in [3.05, 3.63) is 90.0 Å². The van der Waals surface area contributed by atoms with Gasteiger partial charge in [-0.3, -0.25) is 10.3 Å². The lowest BCUT2D eigenvalue weighted by atomic mass is 9.97. The molecule has 0 fully saturated rings. The topological polar surface area (TPSA) is 105 Å². The third kappa shape index (κ3) is 7.07. The Balaban J connectivity index is 1.46. The summed E-state index contributed by atoms with van der Waals surface area (Å²) in [7, 11) is 0. The normalized spacial score (nSPS) is 12.5. The summed E-state index contributed by atoms with van der Waals surface area (Å²) in [6.45, 7) is 3.12. The van der Waals surface area contributed by atoms with Crippen LogP contribution in [0.2, 0.25) is 0 Å². The van der Waals surface area contributed by atoms with Crippen molar-refractivity contribution in [2.45, 2.75) is 45.2 Å². The van der Waals surface area contributed by atoms with Crippen LogP contribution in [0.15, 0.2) is 83.9 Å². The van der Waals surface area contributed by atoms with E-state index in [-0.39, 0.29) is 6.17 Å². The van der Waals surface area contributed by atoms with Gasteiger partial charge < -0.3 is 5.73 Å². The molecule has 4 aromatic rings. The number of aromatic amines is 1. The van der Waals surface area contributed by atoms with Crippen LogP contribution < -0.4 is 11.1 Å². The first-order valence-electron chi connectivity index (χ1n) is 12.2. The number of hydrogen-bond acceptors (Lipinski definition) is 5. The number of tetrazole rings is 1. The van der Waals surface area contributed by atoms with Gasteiger partial charge in [0.15, 0.2) is 0 Å². The van der Waals surface area contributed by atoms with E-state index in [1.165, 1.54) is 11.1 Å². The lowest BCUT2D eigenvalue weighted by Crippen LogP contribution is -2.32. The monoisotopic (exact) mass is 467 g/mol. The van der Waals surface area contributed by atoms with Crippen LogP contribution in [0, 0.1) is 0 Å². The molecule has 0 bridgehead atoms. The van der Waals surface area contributed by atoms with Gasteiger partial charge in [0.05, 0.1) is 5.84 Å². The molecule has 3 aromatic carbocycles. The summed E-state index contributed by atoms with van der Waals surface area (Å²) < 4.78 is 0.